The van der Waals surface area contributed by atoms with Crippen molar-refractivity contribution < 1.29 is 23.0 Å². The van der Waals surface area contributed by atoms with E-state index in [1.54, 1.807) is 0 Å². The highest BCUT2D eigenvalue weighted by atomic mass is 19.2. The van der Waals surface area contributed by atoms with Crippen LogP contribution in [0.2, 0.25) is 0 Å². The van der Waals surface area contributed by atoms with Crippen LogP contribution in [-0.2, 0) is 6.42 Å². The monoisotopic (exact) mass is 488 g/mol. The number of aliphatic hydroxyl groups excluding tert-OH is 1. The van der Waals surface area contributed by atoms with Crippen LogP contribution in [0.3, 0.4) is 0 Å². The molecule has 35 heavy (non-hydrogen) atoms. The summed E-state index contributed by atoms with van der Waals surface area (Å²) in [4.78, 5) is 0. The highest BCUT2D eigenvalue weighted by Crippen LogP contribution is 2.42. The fourth-order valence-electron chi connectivity index (χ4n) is 6.23. The van der Waals surface area contributed by atoms with Gasteiger partial charge in [0.2, 0.25) is 0 Å². The van der Waals surface area contributed by atoms with Crippen molar-refractivity contribution in [1.82, 2.24) is 0 Å². The van der Waals surface area contributed by atoms with Crippen molar-refractivity contribution in [2.24, 2.45) is 11.8 Å². The fourth-order valence-corrected chi connectivity index (χ4v) is 6.23. The second kappa shape index (κ2) is 11.8. The van der Waals surface area contributed by atoms with Gasteiger partial charge in [-0.25, -0.2) is 13.2 Å². The lowest BCUT2D eigenvalue weighted by atomic mass is 9.74. The third-order valence-electron chi connectivity index (χ3n) is 8.48. The van der Waals surface area contributed by atoms with E-state index in [0.717, 1.165) is 57.8 Å². The molecule has 1 unspecified atom stereocenters. The SMILES string of the molecule is CCOc1ccc(CCC2CCC(c3ccc(C4CCC(C(C)O)CC4)c(F)c3F)CC2)c(F)c1. The number of benzene rings is 2. The smallest absolute Gasteiger partial charge is 0.162 e. The summed E-state index contributed by atoms with van der Waals surface area (Å²) in [6, 6.07) is 8.70. The van der Waals surface area contributed by atoms with E-state index in [4.69, 9.17) is 4.74 Å². The Morgan fingerprint density at radius 2 is 1.43 bits per heavy atom. The third kappa shape index (κ3) is 6.22. The molecule has 2 aliphatic carbocycles. The number of aliphatic hydroxyl groups is 1. The van der Waals surface area contributed by atoms with Crippen LogP contribution in [0.25, 0.3) is 0 Å². The Bertz CT molecular complexity index is 974. The molecule has 0 spiro atoms. The standard InChI is InChI=1S/C30H39F3O2/c1-3-35-25-15-14-24(28(31)18-25)9-6-20-4-7-22(8-5-20)26-16-17-27(30(33)29(26)32)23-12-10-21(11-13-23)19(2)34/h14-23,34H,3-13H2,1-2H3. The average Bonchev–Trinajstić information content (AvgIpc) is 2.86. The minimum Gasteiger partial charge on any atom is -0.494 e. The van der Waals surface area contributed by atoms with E-state index in [1.807, 2.05) is 38.1 Å². The van der Waals surface area contributed by atoms with Gasteiger partial charge in [-0.05, 0) is 124 Å². The maximum atomic E-state index is 15.1. The lowest BCUT2D eigenvalue weighted by Gasteiger charge is -2.32. The molecule has 0 heterocycles. The molecule has 0 saturated heterocycles. The number of aryl methyl sites for hydroxylation is 1. The Morgan fingerprint density at radius 1 is 0.857 bits per heavy atom. The zero-order valence-corrected chi connectivity index (χ0v) is 21.0. The zero-order chi connectivity index (χ0) is 24.9. The summed E-state index contributed by atoms with van der Waals surface area (Å²) in [5, 5.41) is 9.81. The molecule has 0 aromatic heterocycles. The molecule has 5 heteroatoms. The Morgan fingerprint density at radius 3 is 1.94 bits per heavy atom. The van der Waals surface area contributed by atoms with Gasteiger partial charge in [0.15, 0.2) is 11.6 Å². The topological polar surface area (TPSA) is 29.5 Å². The van der Waals surface area contributed by atoms with Crippen molar-refractivity contribution in [3.8, 4) is 5.75 Å². The molecule has 0 radical (unpaired) electrons. The summed E-state index contributed by atoms with van der Waals surface area (Å²) >= 11 is 0. The molecule has 1 N–H and O–H groups in total. The van der Waals surface area contributed by atoms with Gasteiger partial charge in [0.25, 0.3) is 0 Å². The van der Waals surface area contributed by atoms with E-state index >= 15 is 8.78 Å². The summed E-state index contributed by atoms with van der Waals surface area (Å²) in [5.41, 5.74) is 1.73. The molecule has 2 aromatic rings. The van der Waals surface area contributed by atoms with Crippen molar-refractivity contribution in [1.29, 1.82) is 0 Å². The summed E-state index contributed by atoms with van der Waals surface area (Å²) in [5.74, 6) is -0.178. The van der Waals surface area contributed by atoms with Crippen LogP contribution in [-0.4, -0.2) is 17.8 Å². The van der Waals surface area contributed by atoms with Gasteiger partial charge in [-0.1, -0.05) is 18.2 Å². The molecule has 2 saturated carbocycles. The van der Waals surface area contributed by atoms with Gasteiger partial charge in [-0.15, -0.1) is 0 Å². The molecule has 1 atom stereocenters. The van der Waals surface area contributed by atoms with Crippen molar-refractivity contribution in [3.63, 3.8) is 0 Å². The normalized spacial score (nSPS) is 25.9. The van der Waals surface area contributed by atoms with E-state index in [1.165, 1.54) is 6.07 Å². The van der Waals surface area contributed by atoms with Gasteiger partial charge < -0.3 is 9.84 Å². The first-order valence-corrected chi connectivity index (χ1v) is 13.4. The first-order chi connectivity index (χ1) is 16.9. The Balaban J connectivity index is 1.31. The van der Waals surface area contributed by atoms with Gasteiger partial charge >= 0.3 is 0 Å². The molecule has 192 valence electrons. The summed E-state index contributed by atoms with van der Waals surface area (Å²) < 4.78 is 49.9. The summed E-state index contributed by atoms with van der Waals surface area (Å²) in [6.07, 6.45) is 8.14. The van der Waals surface area contributed by atoms with Crippen LogP contribution in [0, 0.1) is 29.3 Å². The molecule has 2 aliphatic rings. The highest BCUT2D eigenvalue weighted by molar-refractivity contribution is 5.32. The molecule has 2 aromatic carbocycles. The molecule has 2 fully saturated rings. The lowest BCUT2D eigenvalue weighted by Crippen LogP contribution is -2.23. The van der Waals surface area contributed by atoms with Crippen molar-refractivity contribution >= 4 is 0 Å². The number of hydrogen-bond acceptors (Lipinski definition) is 2. The quantitative estimate of drug-likeness (QED) is 0.407. The molecule has 0 amide bonds. The van der Waals surface area contributed by atoms with Gasteiger partial charge in [0.05, 0.1) is 12.7 Å². The number of hydrogen-bond donors (Lipinski definition) is 1. The summed E-state index contributed by atoms with van der Waals surface area (Å²) in [6.45, 7) is 4.20. The molecule has 2 nitrogen and oxygen atoms in total. The minimum absolute atomic E-state index is 0.0345. The van der Waals surface area contributed by atoms with Crippen molar-refractivity contribution in [3.05, 3.63) is 64.5 Å². The first kappa shape index (κ1) is 26.1. The number of ether oxygens (including phenoxy) is 1. The van der Waals surface area contributed by atoms with E-state index in [-0.39, 0.29) is 29.7 Å². The van der Waals surface area contributed by atoms with Crippen LogP contribution in [0.5, 0.6) is 5.75 Å². The maximum absolute atomic E-state index is 15.1. The minimum atomic E-state index is -0.670. The van der Waals surface area contributed by atoms with Gasteiger partial charge in [-0.2, -0.15) is 0 Å². The van der Waals surface area contributed by atoms with Gasteiger partial charge in [0, 0.05) is 6.07 Å². The number of halogens is 3. The Hall–Kier alpha value is -2.01. The van der Waals surface area contributed by atoms with Crippen LogP contribution in [0.4, 0.5) is 13.2 Å². The second-order valence-corrected chi connectivity index (χ2v) is 10.7. The Kier molecular flexibility index (Phi) is 8.80. The van der Waals surface area contributed by atoms with Crippen LogP contribution in [0.15, 0.2) is 30.3 Å². The van der Waals surface area contributed by atoms with E-state index in [2.05, 4.69) is 0 Å². The molecule has 0 bridgehead atoms. The summed E-state index contributed by atoms with van der Waals surface area (Å²) in [7, 11) is 0. The zero-order valence-electron chi connectivity index (χ0n) is 21.0. The average molecular weight is 489 g/mol. The maximum Gasteiger partial charge on any atom is 0.162 e. The largest absolute Gasteiger partial charge is 0.494 e. The first-order valence-electron chi connectivity index (χ1n) is 13.4. The molecular weight excluding hydrogens is 449 g/mol. The molecule has 4 rings (SSSR count). The lowest BCUT2D eigenvalue weighted by molar-refractivity contribution is 0.0963. The fraction of sp³-hybridized carbons (Fsp3) is 0.600. The van der Waals surface area contributed by atoms with Crippen molar-refractivity contribution in [2.75, 3.05) is 6.61 Å². The Labute approximate surface area is 207 Å². The van der Waals surface area contributed by atoms with E-state index in [0.29, 0.717) is 41.4 Å². The highest BCUT2D eigenvalue weighted by Gasteiger charge is 2.30. The predicted molar refractivity (Wildman–Crippen MR) is 133 cm³/mol. The molecular formula is C30H39F3O2. The van der Waals surface area contributed by atoms with Crippen LogP contribution in [0.1, 0.15) is 100 Å². The van der Waals surface area contributed by atoms with Gasteiger partial charge in [-0.3, -0.25) is 0 Å². The predicted octanol–water partition coefficient (Wildman–Crippen LogP) is 8.06. The van der Waals surface area contributed by atoms with Crippen LogP contribution < -0.4 is 4.74 Å². The second-order valence-electron chi connectivity index (χ2n) is 10.7. The van der Waals surface area contributed by atoms with Crippen molar-refractivity contribution in [2.45, 2.75) is 96.0 Å². The van der Waals surface area contributed by atoms with Crippen LogP contribution >= 0.6 is 0 Å². The van der Waals surface area contributed by atoms with E-state index in [9.17, 15) is 9.50 Å². The third-order valence-corrected chi connectivity index (χ3v) is 8.48. The number of rotatable bonds is 8. The van der Waals surface area contributed by atoms with E-state index < -0.39 is 11.6 Å². The van der Waals surface area contributed by atoms with Gasteiger partial charge in [0.1, 0.15) is 11.6 Å². The molecule has 0 aliphatic heterocycles.